The molecule has 1 saturated heterocycles. The van der Waals surface area contributed by atoms with Crippen molar-refractivity contribution in [1.29, 1.82) is 0 Å². The van der Waals surface area contributed by atoms with Crippen LogP contribution in [0.25, 0.3) is 0 Å². The second kappa shape index (κ2) is 6.31. The van der Waals surface area contributed by atoms with E-state index in [1.165, 1.54) is 25.0 Å². The van der Waals surface area contributed by atoms with Crippen LogP contribution >= 0.6 is 0 Å². The molecule has 4 nitrogen and oxygen atoms in total. The van der Waals surface area contributed by atoms with Crippen LogP contribution in [0.5, 0.6) is 0 Å². The summed E-state index contributed by atoms with van der Waals surface area (Å²) in [5.41, 5.74) is 0.761. The summed E-state index contributed by atoms with van der Waals surface area (Å²) >= 11 is 0. The highest BCUT2D eigenvalue weighted by molar-refractivity contribution is 6.30. The number of carbonyl (C=O) groups is 2. The molecule has 2 saturated carbocycles. The van der Waals surface area contributed by atoms with Crippen molar-refractivity contribution in [1.82, 2.24) is 0 Å². The first-order valence-corrected chi connectivity index (χ1v) is 11.2. The molecule has 0 amide bonds. The molecule has 1 heterocycles. The Morgan fingerprint density at radius 3 is 1.53 bits per heavy atom. The van der Waals surface area contributed by atoms with E-state index in [1.807, 2.05) is 36.4 Å². The molecule has 2 aromatic rings. The number of nitrogens with zero attached hydrogens (tertiary/aromatic N) is 2. The summed E-state index contributed by atoms with van der Waals surface area (Å²) in [6, 6.07) is 20.7. The molecule has 4 heteroatoms. The molecule has 1 aliphatic heterocycles. The number of ketones is 2. The van der Waals surface area contributed by atoms with Crippen LogP contribution < -0.4 is 9.80 Å². The van der Waals surface area contributed by atoms with Crippen LogP contribution in [0.2, 0.25) is 0 Å². The fourth-order valence-electron chi connectivity index (χ4n) is 7.07. The third kappa shape index (κ3) is 2.07. The van der Waals surface area contributed by atoms with Crippen LogP contribution in [0.3, 0.4) is 0 Å². The molecule has 0 radical (unpaired) electrons. The van der Waals surface area contributed by atoms with Crippen molar-refractivity contribution in [3.63, 3.8) is 0 Å². The molecule has 30 heavy (non-hydrogen) atoms. The average molecular weight is 399 g/mol. The van der Waals surface area contributed by atoms with E-state index < -0.39 is 5.66 Å². The molecular weight excluding hydrogens is 372 g/mol. The summed E-state index contributed by atoms with van der Waals surface area (Å²) < 4.78 is 0. The highest BCUT2D eigenvalue weighted by atomic mass is 16.2. The Morgan fingerprint density at radius 2 is 1.10 bits per heavy atom. The van der Waals surface area contributed by atoms with Gasteiger partial charge in [0.15, 0.2) is 0 Å². The average Bonchev–Trinajstić information content (AvgIpc) is 3.48. The maximum atomic E-state index is 13.7. The molecule has 0 N–H and O–H groups in total. The van der Waals surface area contributed by atoms with Gasteiger partial charge in [0.25, 0.3) is 0 Å². The van der Waals surface area contributed by atoms with E-state index in [0.717, 1.165) is 37.1 Å². The standard InChI is InChI=1S/C26H26N2O2/c29-23-15-16-24(30)26(23)27(19-9-3-1-4-10-19)21-13-7-17-25(21)18-8-14-22(25)28(26)20-11-5-2-6-12-20/h1-6,9-12,15-16,21-22H,7-8,13-14,17-18H2/t21-,22-,25?/m0/s1. The van der Waals surface area contributed by atoms with Crippen molar-refractivity contribution in [3.8, 4) is 0 Å². The number of hydrogen-bond acceptors (Lipinski definition) is 4. The molecule has 3 fully saturated rings. The van der Waals surface area contributed by atoms with Gasteiger partial charge in [0.1, 0.15) is 0 Å². The summed E-state index contributed by atoms with van der Waals surface area (Å²) in [7, 11) is 0. The molecule has 0 unspecified atom stereocenters. The van der Waals surface area contributed by atoms with Gasteiger partial charge in [-0.15, -0.1) is 0 Å². The van der Waals surface area contributed by atoms with Crippen LogP contribution in [0.1, 0.15) is 38.5 Å². The van der Waals surface area contributed by atoms with E-state index in [4.69, 9.17) is 0 Å². The highest BCUT2D eigenvalue weighted by Gasteiger charge is 2.70. The van der Waals surface area contributed by atoms with Crippen LogP contribution in [0.4, 0.5) is 11.4 Å². The summed E-state index contributed by atoms with van der Waals surface area (Å²) in [5, 5.41) is 0. The number of rotatable bonds is 2. The van der Waals surface area contributed by atoms with Crippen LogP contribution in [-0.4, -0.2) is 29.3 Å². The van der Waals surface area contributed by atoms with Gasteiger partial charge in [-0.05, 0) is 62.1 Å². The van der Waals surface area contributed by atoms with Crippen molar-refractivity contribution in [2.45, 2.75) is 56.3 Å². The first kappa shape index (κ1) is 17.9. The molecule has 3 aliphatic carbocycles. The van der Waals surface area contributed by atoms with Crippen molar-refractivity contribution in [2.75, 3.05) is 9.80 Å². The van der Waals surface area contributed by atoms with Gasteiger partial charge >= 0.3 is 0 Å². The fraction of sp³-hybridized carbons (Fsp3) is 0.385. The van der Waals surface area contributed by atoms with E-state index in [1.54, 1.807) is 0 Å². The minimum atomic E-state index is -1.31. The third-order valence-electron chi connectivity index (χ3n) is 8.03. The summed E-state index contributed by atoms with van der Waals surface area (Å²) in [4.78, 5) is 31.9. The molecule has 2 atom stereocenters. The molecule has 2 spiro atoms. The SMILES string of the molecule is O=C1C=CC(=O)C12N(c1ccccc1)[C@H]1CCCC13CCC[C@@H]3N2c1ccccc1. The van der Waals surface area contributed by atoms with Crippen LogP contribution in [0, 0.1) is 5.41 Å². The van der Waals surface area contributed by atoms with Crippen molar-refractivity contribution < 1.29 is 9.59 Å². The third-order valence-corrected chi connectivity index (χ3v) is 8.03. The van der Waals surface area contributed by atoms with Gasteiger partial charge in [-0.3, -0.25) is 9.59 Å². The van der Waals surface area contributed by atoms with Crippen LogP contribution in [0.15, 0.2) is 72.8 Å². The second-order valence-corrected chi connectivity index (χ2v) is 9.19. The Labute approximate surface area is 177 Å². The predicted molar refractivity (Wildman–Crippen MR) is 117 cm³/mol. The molecule has 2 aromatic carbocycles. The van der Waals surface area contributed by atoms with Gasteiger partial charge in [-0.25, -0.2) is 0 Å². The predicted octanol–water partition coefficient (Wildman–Crippen LogP) is 4.51. The Bertz CT molecular complexity index is 946. The normalized spacial score (nSPS) is 31.5. The minimum absolute atomic E-state index is 0.104. The van der Waals surface area contributed by atoms with Crippen molar-refractivity contribution in [3.05, 3.63) is 72.8 Å². The van der Waals surface area contributed by atoms with E-state index in [0.29, 0.717) is 0 Å². The summed E-state index contributed by atoms with van der Waals surface area (Å²) in [5.74, 6) is -0.208. The summed E-state index contributed by atoms with van der Waals surface area (Å²) in [6.45, 7) is 0. The van der Waals surface area contributed by atoms with Crippen molar-refractivity contribution in [2.24, 2.45) is 5.41 Å². The van der Waals surface area contributed by atoms with Gasteiger partial charge in [-0.2, -0.15) is 0 Å². The highest BCUT2D eigenvalue weighted by Crippen LogP contribution is 2.62. The lowest BCUT2D eigenvalue weighted by atomic mass is 9.70. The van der Waals surface area contributed by atoms with Gasteiger partial charge in [0.05, 0.1) is 0 Å². The van der Waals surface area contributed by atoms with Crippen molar-refractivity contribution >= 4 is 22.9 Å². The lowest BCUT2D eigenvalue weighted by molar-refractivity contribution is -0.130. The molecule has 152 valence electrons. The second-order valence-electron chi connectivity index (χ2n) is 9.19. The van der Waals surface area contributed by atoms with E-state index in [-0.39, 0.29) is 29.1 Å². The van der Waals surface area contributed by atoms with Gasteiger partial charge in [-0.1, -0.05) is 49.2 Å². The zero-order valence-corrected chi connectivity index (χ0v) is 17.0. The first-order valence-electron chi connectivity index (χ1n) is 11.2. The number of carbonyl (C=O) groups excluding carboxylic acids is 2. The summed E-state index contributed by atoms with van der Waals surface area (Å²) in [6.07, 6.45) is 9.72. The smallest absolute Gasteiger partial charge is 0.242 e. The maximum Gasteiger partial charge on any atom is 0.242 e. The number of para-hydroxylation sites is 2. The topological polar surface area (TPSA) is 40.6 Å². The number of benzene rings is 2. The van der Waals surface area contributed by atoms with E-state index >= 15 is 0 Å². The molecule has 0 aromatic heterocycles. The van der Waals surface area contributed by atoms with E-state index in [9.17, 15) is 9.59 Å². The van der Waals surface area contributed by atoms with E-state index in [2.05, 4.69) is 34.1 Å². The van der Waals surface area contributed by atoms with Gasteiger partial charge in [0, 0.05) is 28.9 Å². The number of hydrogen-bond donors (Lipinski definition) is 0. The largest absolute Gasteiger partial charge is 0.332 e. The minimum Gasteiger partial charge on any atom is -0.332 e. The maximum absolute atomic E-state index is 13.7. The molecular formula is C26H26N2O2. The van der Waals surface area contributed by atoms with Gasteiger partial charge in [0.2, 0.25) is 17.2 Å². The number of anilines is 2. The first-order chi connectivity index (χ1) is 14.7. The lowest BCUT2D eigenvalue weighted by Gasteiger charge is -2.63. The van der Waals surface area contributed by atoms with Gasteiger partial charge < -0.3 is 9.80 Å². The van der Waals surface area contributed by atoms with Crippen LogP contribution in [-0.2, 0) is 9.59 Å². The lowest BCUT2D eigenvalue weighted by Crippen LogP contribution is -2.80. The molecule has 4 aliphatic rings. The zero-order valence-electron chi connectivity index (χ0n) is 17.0. The Morgan fingerprint density at radius 1 is 0.667 bits per heavy atom. The Hall–Kier alpha value is -2.88. The monoisotopic (exact) mass is 398 g/mol. The Kier molecular flexibility index (Phi) is 3.77. The quantitative estimate of drug-likeness (QED) is 0.698. The molecule has 0 bridgehead atoms. The fourth-order valence-corrected chi connectivity index (χ4v) is 7.07. The zero-order chi connectivity index (χ0) is 20.3. The molecule has 6 rings (SSSR count). The Balaban J connectivity index is 1.67.